The van der Waals surface area contributed by atoms with E-state index in [4.69, 9.17) is 4.74 Å². The molecule has 0 amide bonds. The third kappa shape index (κ3) is 5.62. The van der Waals surface area contributed by atoms with Gasteiger partial charge in [0.25, 0.3) is 0 Å². The molecule has 3 aromatic carbocycles. The van der Waals surface area contributed by atoms with E-state index in [-0.39, 0.29) is 17.1 Å². The van der Waals surface area contributed by atoms with Gasteiger partial charge < -0.3 is 9.64 Å². The molecule has 0 atom stereocenters. The van der Waals surface area contributed by atoms with Crippen molar-refractivity contribution >= 4 is 9.84 Å². The maximum Gasteiger partial charge on any atom is 0.158 e. The number of nitrogens with zero attached hydrogens (tertiary/aromatic N) is 1. The van der Waals surface area contributed by atoms with Gasteiger partial charge in [0.15, 0.2) is 9.84 Å². The first-order chi connectivity index (χ1) is 16.8. The lowest BCUT2D eigenvalue weighted by atomic mass is 9.82. The monoisotopic (exact) mass is 489 g/mol. The maximum atomic E-state index is 12.6. The third-order valence-electron chi connectivity index (χ3n) is 7.58. The Hall–Kier alpha value is -2.63. The normalized spacial score (nSPS) is 17.8. The van der Waals surface area contributed by atoms with Crippen molar-refractivity contribution in [3.63, 3.8) is 0 Å². The summed E-state index contributed by atoms with van der Waals surface area (Å²) in [5.74, 6) is 1.15. The number of rotatable bonds is 6. The van der Waals surface area contributed by atoms with Crippen LogP contribution in [0.15, 0.2) is 72.8 Å². The van der Waals surface area contributed by atoms with Crippen LogP contribution in [0.4, 0.5) is 0 Å². The Morgan fingerprint density at radius 2 is 1.46 bits per heavy atom. The van der Waals surface area contributed by atoms with Gasteiger partial charge in [-0.15, -0.1) is 0 Å². The molecule has 1 spiro atoms. The SMILES string of the molecule is CC(C)N1CCC2(CCc3cc(-c4ccc(CS(=O)(=O)Cc5ccccc5)cc4)ccc3O2)CC1. The number of sulfone groups is 1. The summed E-state index contributed by atoms with van der Waals surface area (Å²) in [6, 6.07) is 24.4. The highest BCUT2D eigenvalue weighted by atomic mass is 32.2. The predicted molar refractivity (Wildman–Crippen MR) is 142 cm³/mol. The average Bonchev–Trinajstić information content (AvgIpc) is 2.84. The third-order valence-corrected chi connectivity index (χ3v) is 9.13. The number of hydrogen-bond donors (Lipinski definition) is 0. The zero-order valence-corrected chi connectivity index (χ0v) is 21.6. The minimum atomic E-state index is -3.22. The first kappa shape index (κ1) is 24.1. The number of fused-ring (bicyclic) bond motifs is 1. The molecule has 0 aliphatic carbocycles. The highest BCUT2D eigenvalue weighted by Crippen LogP contribution is 2.41. The van der Waals surface area contributed by atoms with Gasteiger partial charge in [-0.05, 0) is 79.5 Å². The standard InChI is InChI=1S/C30H35NO3S/c1-23(2)31-18-16-30(17-19-31)15-14-28-20-27(12-13-29(28)34-30)26-10-8-25(9-11-26)22-35(32,33)21-24-6-4-3-5-7-24/h3-13,20,23H,14-19,21-22H2,1-2H3. The van der Waals surface area contributed by atoms with Gasteiger partial charge in [-0.2, -0.15) is 0 Å². The van der Waals surface area contributed by atoms with Gasteiger partial charge >= 0.3 is 0 Å². The number of hydrogen-bond acceptors (Lipinski definition) is 4. The van der Waals surface area contributed by atoms with E-state index in [2.05, 4.69) is 36.9 Å². The Morgan fingerprint density at radius 3 is 2.11 bits per heavy atom. The summed E-state index contributed by atoms with van der Waals surface area (Å²) in [7, 11) is -3.22. The lowest BCUT2D eigenvalue weighted by Crippen LogP contribution is -2.51. The molecule has 0 saturated carbocycles. The predicted octanol–water partition coefficient (Wildman–Crippen LogP) is 6.04. The maximum absolute atomic E-state index is 12.6. The molecule has 184 valence electrons. The quantitative estimate of drug-likeness (QED) is 0.424. The molecule has 0 radical (unpaired) electrons. The van der Waals surface area contributed by atoms with Gasteiger partial charge in [0, 0.05) is 19.1 Å². The lowest BCUT2D eigenvalue weighted by Gasteiger charge is -2.45. The van der Waals surface area contributed by atoms with Crippen LogP contribution in [0.3, 0.4) is 0 Å². The van der Waals surface area contributed by atoms with Crippen molar-refractivity contribution in [2.75, 3.05) is 13.1 Å². The van der Waals surface area contributed by atoms with Crippen LogP contribution in [0.1, 0.15) is 49.8 Å². The van der Waals surface area contributed by atoms with E-state index in [0.717, 1.165) is 66.8 Å². The number of benzene rings is 3. The van der Waals surface area contributed by atoms with Crippen molar-refractivity contribution in [2.45, 2.75) is 62.7 Å². The highest BCUT2D eigenvalue weighted by molar-refractivity contribution is 7.89. The largest absolute Gasteiger partial charge is 0.487 e. The first-order valence-electron chi connectivity index (χ1n) is 12.7. The summed E-state index contributed by atoms with van der Waals surface area (Å²) in [4.78, 5) is 2.55. The van der Waals surface area contributed by atoms with Crippen molar-refractivity contribution in [2.24, 2.45) is 0 Å². The Balaban J connectivity index is 1.25. The van der Waals surface area contributed by atoms with Gasteiger partial charge in [0.1, 0.15) is 11.4 Å². The van der Waals surface area contributed by atoms with E-state index >= 15 is 0 Å². The number of likely N-dealkylation sites (tertiary alicyclic amines) is 1. The molecule has 5 rings (SSSR count). The summed E-state index contributed by atoms with van der Waals surface area (Å²) in [6.45, 7) is 6.76. The van der Waals surface area contributed by atoms with E-state index in [9.17, 15) is 8.42 Å². The Morgan fingerprint density at radius 1 is 0.829 bits per heavy atom. The second-order valence-electron chi connectivity index (χ2n) is 10.5. The van der Waals surface area contributed by atoms with Crippen molar-refractivity contribution in [1.29, 1.82) is 0 Å². The van der Waals surface area contributed by atoms with Crippen LogP contribution in [0, 0.1) is 0 Å². The Kier molecular flexibility index (Phi) is 6.73. The fraction of sp³-hybridized carbons (Fsp3) is 0.400. The van der Waals surface area contributed by atoms with Crippen molar-refractivity contribution in [3.8, 4) is 16.9 Å². The summed E-state index contributed by atoms with van der Waals surface area (Å²) >= 11 is 0. The second-order valence-corrected chi connectivity index (χ2v) is 12.5. The molecule has 2 heterocycles. The van der Waals surface area contributed by atoms with Crippen LogP contribution in [0.5, 0.6) is 5.75 Å². The first-order valence-corrected chi connectivity index (χ1v) is 14.5. The summed E-state index contributed by atoms with van der Waals surface area (Å²) < 4.78 is 31.9. The van der Waals surface area contributed by atoms with E-state index in [1.165, 1.54) is 5.56 Å². The molecule has 2 aliphatic heterocycles. The fourth-order valence-electron chi connectivity index (χ4n) is 5.43. The topological polar surface area (TPSA) is 46.6 Å². The fourth-order valence-corrected chi connectivity index (χ4v) is 6.93. The van der Waals surface area contributed by atoms with Crippen LogP contribution < -0.4 is 4.74 Å². The molecule has 1 saturated heterocycles. The van der Waals surface area contributed by atoms with Crippen LogP contribution in [-0.2, 0) is 27.8 Å². The van der Waals surface area contributed by atoms with Gasteiger partial charge in [-0.1, -0.05) is 60.7 Å². The number of ether oxygens (including phenoxy) is 1. The average molecular weight is 490 g/mol. The van der Waals surface area contributed by atoms with E-state index in [1.807, 2.05) is 54.6 Å². The van der Waals surface area contributed by atoms with Gasteiger partial charge in [-0.25, -0.2) is 8.42 Å². The molecule has 5 heteroatoms. The van der Waals surface area contributed by atoms with Crippen molar-refractivity contribution < 1.29 is 13.2 Å². The van der Waals surface area contributed by atoms with E-state index in [1.54, 1.807) is 0 Å². The summed E-state index contributed by atoms with van der Waals surface area (Å²) in [5.41, 5.74) is 5.16. The summed E-state index contributed by atoms with van der Waals surface area (Å²) in [5, 5.41) is 0. The summed E-state index contributed by atoms with van der Waals surface area (Å²) in [6.07, 6.45) is 4.32. The molecule has 0 unspecified atom stereocenters. The van der Waals surface area contributed by atoms with Gasteiger partial charge in [0.2, 0.25) is 0 Å². The number of aryl methyl sites for hydroxylation is 1. The smallest absolute Gasteiger partial charge is 0.158 e. The molecule has 2 aliphatic rings. The second kappa shape index (κ2) is 9.79. The molecule has 0 aromatic heterocycles. The van der Waals surface area contributed by atoms with Crippen molar-refractivity contribution in [1.82, 2.24) is 4.90 Å². The highest BCUT2D eigenvalue weighted by Gasteiger charge is 2.39. The molecule has 0 bridgehead atoms. The zero-order valence-electron chi connectivity index (χ0n) is 20.7. The van der Waals surface area contributed by atoms with Crippen LogP contribution in [-0.4, -0.2) is 38.1 Å². The number of piperidine rings is 1. The minimum Gasteiger partial charge on any atom is -0.487 e. The molecule has 4 nitrogen and oxygen atoms in total. The molecule has 1 fully saturated rings. The lowest BCUT2D eigenvalue weighted by molar-refractivity contribution is -0.0211. The molecule has 3 aromatic rings. The Bertz CT molecular complexity index is 1260. The minimum absolute atomic E-state index is 0.00715. The zero-order chi connectivity index (χ0) is 24.5. The van der Waals surface area contributed by atoms with Crippen LogP contribution >= 0.6 is 0 Å². The van der Waals surface area contributed by atoms with E-state index in [0.29, 0.717) is 6.04 Å². The van der Waals surface area contributed by atoms with Crippen LogP contribution in [0.25, 0.3) is 11.1 Å². The molecule has 35 heavy (non-hydrogen) atoms. The van der Waals surface area contributed by atoms with Gasteiger partial charge in [0.05, 0.1) is 11.5 Å². The molecular formula is C30H35NO3S. The van der Waals surface area contributed by atoms with Crippen LogP contribution in [0.2, 0.25) is 0 Å². The van der Waals surface area contributed by atoms with Crippen molar-refractivity contribution in [3.05, 3.63) is 89.5 Å². The van der Waals surface area contributed by atoms with Gasteiger partial charge in [-0.3, -0.25) is 0 Å². The Labute approximate surface area is 209 Å². The molecule has 0 N–H and O–H groups in total. The van der Waals surface area contributed by atoms with E-state index < -0.39 is 9.84 Å². The molecular weight excluding hydrogens is 454 g/mol.